The van der Waals surface area contributed by atoms with Gasteiger partial charge < -0.3 is 0 Å². The summed E-state index contributed by atoms with van der Waals surface area (Å²) < 4.78 is 0. The Balaban J connectivity index is 2.21. The van der Waals surface area contributed by atoms with E-state index in [2.05, 4.69) is 9.97 Å². The number of pyridine rings is 1. The summed E-state index contributed by atoms with van der Waals surface area (Å²) in [6.45, 7) is 1.85. The zero-order valence-electron chi connectivity index (χ0n) is 9.75. The van der Waals surface area contributed by atoms with E-state index in [1.165, 1.54) is 11.3 Å². The van der Waals surface area contributed by atoms with Crippen LogP contribution >= 0.6 is 11.3 Å². The van der Waals surface area contributed by atoms with Gasteiger partial charge in [0.1, 0.15) is 0 Å². The summed E-state index contributed by atoms with van der Waals surface area (Å²) in [5.41, 5.74) is 3.17. The van der Waals surface area contributed by atoms with Gasteiger partial charge in [0.05, 0.1) is 16.1 Å². The van der Waals surface area contributed by atoms with Gasteiger partial charge in [0.25, 0.3) is 0 Å². The van der Waals surface area contributed by atoms with E-state index in [1.54, 1.807) is 17.9 Å². The van der Waals surface area contributed by atoms with Gasteiger partial charge >= 0.3 is 0 Å². The number of hydrogen-bond acceptors (Lipinski definition) is 4. The first kappa shape index (κ1) is 11.0. The van der Waals surface area contributed by atoms with Crippen LogP contribution in [-0.4, -0.2) is 15.8 Å². The number of aromatic nitrogens is 2. The highest BCUT2D eigenvalue weighted by atomic mass is 32.1. The molecule has 0 amide bonds. The number of aryl methyl sites for hydroxylation is 1. The Morgan fingerprint density at radius 1 is 1.28 bits per heavy atom. The number of carbonyl (C=O) groups excluding carboxylic acids is 1. The lowest BCUT2D eigenvalue weighted by atomic mass is 10.0. The van der Waals surface area contributed by atoms with Crippen molar-refractivity contribution in [1.82, 2.24) is 9.97 Å². The minimum Gasteiger partial charge on any atom is -0.288 e. The molecule has 0 N–H and O–H groups in total. The van der Waals surface area contributed by atoms with Crippen molar-refractivity contribution in [2.45, 2.75) is 6.92 Å². The first-order valence-electron chi connectivity index (χ1n) is 5.55. The van der Waals surface area contributed by atoms with Crippen molar-refractivity contribution < 1.29 is 4.79 Å². The van der Waals surface area contributed by atoms with E-state index >= 15 is 0 Å². The second kappa shape index (κ2) is 4.31. The number of nitrogens with zero attached hydrogens (tertiary/aromatic N) is 2. The van der Waals surface area contributed by atoms with E-state index in [-0.39, 0.29) is 5.78 Å². The highest BCUT2D eigenvalue weighted by Gasteiger charge is 2.16. The van der Waals surface area contributed by atoms with Crippen LogP contribution in [0.5, 0.6) is 0 Å². The molecule has 2 heterocycles. The molecule has 0 bridgehead atoms. The predicted octanol–water partition coefficient (Wildman–Crippen LogP) is 3.23. The Morgan fingerprint density at radius 3 is 2.94 bits per heavy atom. The van der Waals surface area contributed by atoms with E-state index in [0.29, 0.717) is 10.4 Å². The fourth-order valence-electron chi connectivity index (χ4n) is 1.95. The van der Waals surface area contributed by atoms with Crippen LogP contribution in [0.4, 0.5) is 0 Å². The Hall–Kier alpha value is -2.07. The molecule has 88 valence electrons. The lowest BCUT2D eigenvalue weighted by Gasteiger charge is -2.04. The van der Waals surface area contributed by atoms with Gasteiger partial charge in [0.15, 0.2) is 0 Å². The van der Waals surface area contributed by atoms with Crippen LogP contribution in [0.1, 0.15) is 20.9 Å². The van der Waals surface area contributed by atoms with Crippen LogP contribution < -0.4 is 0 Å². The molecule has 3 nitrogen and oxygen atoms in total. The van der Waals surface area contributed by atoms with Crippen molar-refractivity contribution in [2.24, 2.45) is 0 Å². The summed E-state index contributed by atoms with van der Waals surface area (Å²) in [7, 11) is 0. The molecule has 0 atom stereocenters. The van der Waals surface area contributed by atoms with Crippen molar-refractivity contribution >= 4 is 27.9 Å². The maximum Gasteiger partial charge on any atom is 0.205 e. The highest BCUT2D eigenvalue weighted by Crippen LogP contribution is 2.23. The van der Waals surface area contributed by atoms with Crippen molar-refractivity contribution in [3.8, 4) is 0 Å². The summed E-state index contributed by atoms with van der Waals surface area (Å²) in [5, 5.41) is 1.91. The highest BCUT2D eigenvalue weighted by molar-refractivity contribution is 7.12. The molecule has 0 aliphatic rings. The monoisotopic (exact) mass is 254 g/mol. The number of benzene rings is 1. The number of thiazole rings is 1. The zero-order chi connectivity index (χ0) is 12.5. The first-order chi connectivity index (χ1) is 8.77. The number of carbonyl (C=O) groups is 1. The van der Waals surface area contributed by atoms with E-state index in [4.69, 9.17) is 0 Å². The maximum atomic E-state index is 12.5. The summed E-state index contributed by atoms with van der Waals surface area (Å²) in [6.07, 6.45) is 3.47. The average molecular weight is 254 g/mol. The maximum absolute atomic E-state index is 12.5. The van der Waals surface area contributed by atoms with Gasteiger partial charge in [-0.15, -0.1) is 11.3 Å². The molecular formula is C14H10N2OS. The summed E-state index contributed by atoms with van der Waals surface area (Å²) in [5.74, 6) is 0.0219. The van der Waals surface area contributed by atoms with Gasteiger partial charge in [0.2, 0.25) is 5.78 Å². The smallest absolute Gasteiger partial charge is 0.205 e. The van der Waals surface area contributed by atoms with Crippen LogP contribution in [0.3, 0.4) is 0 Å². The van der Waals surface area contributed by atoms with Gasteiger partial charge in [0, 0.05) is 23.3 Å². The SMILES string of the molecule is Cc1ncsc1C(=O)c1cccc2ccncc12. The topological polar surface area (TPSA) is 42.9 Å². The minimum absolute atomic E-state index is 0.0219. The third-order valence-corrected chi connectivity index (χ3v) is 3.81. The molecule has 0 spiro atoms. The van der Waals surface area contributed by atoms with Crippen molar-refractivity contribution in [3.63, 3.8) is 0 Å². The largest absolute Gasteiger partial charge is 0.288 e. The normalized spacial score (nSPS) is 10.7. The Morgan fingerprint density at radius 2 is 2.17 bits per heavy atom. The zero-order valence-corrected chi connectivity index (χ0v) is 10.6. The number of fused-ring (bicyclic) bond motifs is 1. The molecule has 4 heteroatoms. The molecule has 0 aliphatic heterocycles. The second-order valence-corrected chi connectivity index (χ2v) is 4.85. The second-order valence-electron chi connectivity index (χ2n) is 4.00. The summed E-state index contributed by atoms with van der Waals surface area (Å²) in [6, 6.07) is 7.62. The van der Waals surface area contributed by atoms with Gasteiger partial charge in [-0.2, -0.15) is 0 Å². The minimum atomic E-state index is 0.0219. The molecule has 3 aromatic rings. The van der Waals surface area contributed by atoms with Crippen LogP contribution in [0.2, 0.25) is 0 Å². The quantitative estimate of drug-likeness (QED) is 0.659. The molecular weight excluding hydrogens is 244 g/mol. The molecule has 0 fully saturated rings. The fourth-order valence-corrected chi connectivity index (χ4v) is 2.71. The molecule has 18 heavy (non-hydrogen) atoms. The van der Waals surface area contributed by atoms with Crippen LogP contribution in [0, 0.1) is 6.92 Å². The first-order valence-corrected chi connectivity index (χ1v) is 6.43. The van der Waals surface area contributed by atoms with Gasteiger partial charge in [-0.1, -0.05) is 18.2 Å². The molecule has 0 radical (unpaired) electrons. The molecule has 0 saturated carbocycles. The van der Waals surface area contributed by atoms with E-state index in [1.807, 2.05) is 31.2 Å². The van der Waals surface area contributed by atoms with Crippen molar-refractivity contribution in [1.29, 1.82) is 0 Å². The molecule has 0 saturated heterocycles. The molecule has 1 aromatic carbocycles. The third kappa shape index (κ3) is 1.71. The van der Waals surface area contributed by atoms with Gasteiger partial charge in [-0.3, -0.25) is 9.78 Å². The predicted molar refractivity (Wildman–Crippen MR) is 72.0 cm³/mol. The van der Waals surface area contributed by atoms with Crippen LogP contribution in [-0.2, 0) is 0 Å². The van der Waals surface area contributed by atoms with Crippen molar-refractivity contribution in [2.75, 3.05) is 0 Å². The summed E-state index contributed by atoms with van der Waals surface area (Å²) in [4.78, 5) is 21.4. The average Bonchev–Trinajstić information content (AvgIpc) is 2.83. The molecule has 3 rings (SSSR count). The van der Waals surface area contributed by atoms with E-state index in [0.717, 1.165) is 16.5 Å². The Labute approximate surface area is 108 Å². The Bertz CT molecular complexity index is 728. The molecule has 0 unspecified atom stereocenters. The van der Waals surface area contributed by atoms with Crippen LogP contribution in [0.25, 0.3) is 10.8 Å². The third-order valence-electron chi connectivity index (χ3n) is 2.88. The molecule has 2 aromatic heterocycles. The molecule has 0 aliphatic carbocycles. The number of rotatable bonds is 2. The van der Waals surface area contributed by atoms with E-state index < -0.39 is 0 Å². The van der Waals surface area contributed by atoms with Crippen LogP contribution in [0.15, 0.2) is 42.2 Å². The Kier molecular flexibility index (Phi) is 2.64. The lowest BCUT2D eigenvalue weighted by molar-refractivity contribution is 0.104. The van der Waals surface area contributed by atoms with E-state index in [9.17, 15) is 4.79 Å². The number of ketones is 1. The summed E-state index contributed by atoms with van der Waals surface area (Å²) >= 11 is 1.38. The standard InChI is InChI=1S/C14H10N2OS/c1-9-14(18-8-16-9)13(17)11-4-2-3-10-5-6-15-7-12(10)11/h2-8H,1H3. The van der Waals surface area contributed by atoms with Gasteiger partial charge in [-0.05, 0) is 18.4 Å². The fraction of sp³-hybridized carbons (Fsp3) is 0.0714. The lowest BCUT2D eigenvalue weighted by Crippen LogP contribution is -2.01. The van der Waals surface area contributed by atoms with Gasteiger partial charge in [-0.25, -0.2) is 4.98 Å². The van der Waals surface area contributed by atoms with Crippen molar-refractivity contribution in [3.05, 3.63) is 58.3 Å². The number of hydrogen-bond donors (Lipinski definition) is 0.